The molecule has 0 radical (unpaired) electrons. The molecule has 0 atom stereocenters. The van der Waals surface area contributed by atoms with Gasteiger partial charge in [0.05, 0.1) is 16.0 Å². The maximum atomic E-state index is 13.3. The Bertz CT molecular complexity index is 1400. The van der Waals surface area contributed by atoms with Crippen LogP contribution in [0.25, 0.3) is 11.3 Å². The summed E-state index contributed by atoms with van der Waals surface area (Å²) in [7, 11) is -2.07. The zero-order valence-corrected chi connectivity index (χ0v) is 20.3. The number of nitrogens with zero attached hydrogens (tertiary/aromatic N) is 2. The van der Waals surface area contributed by atoms with Gasteiger partial charge in [-0.1, -0.05) is 30.3 Å². The summed E-state index contributed by atoms with van der Waals surface area (Å²) in [5.41, 5.74) is 2.61. The van der Waals surface area contributed by atoms with Gasteiger partial charge in [0.2, 0.25) is 16.8 Å². The highest BCUT2D eigenvalue weighted by Crippen LogP contribution is 2.51. The van der Waals surface area contributed by atoms with E-state index in [0.717, 1.165) is 24.0 Å². The predicted molar refractivity (Wildman–Crippen MR) is 132 cm³/mol. The van der Waals surface area contributed by atoms with Crippen molar-refractivity contribution in [2.24, 2.45) is 0 Å². The Balaban J connectivity index is 1.33. The molecule has 0 amide bonds. The standard InChI is InChI=1S/C27H26N2O5S/c1-3-15-29(2)35(31,32)22-10-7-19(8-11-22)23-6-4-5-21(28-23)17-26(30)27(13-14-27)20-9-12-24-25(16-20)34-18-33-24/h3-12,16H,1,13-15,17-18H2,2H3. The van der Waals surface area contributed by atoms with E-state index in [9.17, 15) is 13.2 Å². The van der Waals surface area contributed by atoms with Crippen molar-refractivity contribution in [3.05, 3.63) is 84.6 Å². The van der Waals surface area contributed by atoms with Crippen molar-refractivity contribution in [1.82, 2.24) is 9.29 Å². The first-order valence-electron chi connectivity index (χ1n) is 11.4. The van der Waals surface area contributed by atoms with Crippen molar-refractivity contribution in [3.63, 3.8) is 0 Å². The van der Waals surface area contributed by atoms with E-state index < -0.39 is 15.4 Å². The molecule has 2 aliphatic rings. The average molecular weight is 491 g/mol. The van der Waals surface area contributed by atoms with Crippen molar-refractivity contribution >= 4 is 15.8 Å². The third-order valence-corrected chi connectivity index (χ3v) is 8.44. The molecule has 2 heterocycles. The molecule has 0 spiro atoms. The topological polar surface area (TPSA) is 85.8 Å². The van der Waals surface area contributed by atoms with Crippen molar-refractivity contribution in [1.29, 1.82) is 0 Å². The van der Waals surface area contributed by atoms with E-state index in [1.54, 1.807) is 30.3 Å². The second-order valence-corrected chi connectivity index (χ2v) is 10.9. The number of sulfonamides is 1. The lowest BCUT2D eigenvalue weighted by Crippen LogP contribution is -2.26. The van der Waals surface area contributed by atoms with E-state index in [4.69, 9.17) is 14.5 Å². The molecule has 1 saturated carbocycles. The van der Waals surface area contributed by atoms with Gasteiger partial charge in [-0.3, -0.25) is 9.78 Å². The normalized spacial score (nSPS) is 15.7. The SMILES string of the molecule is C=CCN(C)S(=O)(=O)c1ccc(-c2cccc(CC(=O)C3(c4ccc5c(c4)OCO5)CC3)n2)cc1. The number of carbonyl (C=O) groups is 1. The van der Waals surface area contributed by atoms with E-state index >= 15 is 0 Å². The van der Waals surface area contributed by atoms with Crippen LogP contribution in [0.3, 0.4) is 0 Å². The van der Waals surface area contributed by atoms with Crippen LogP contribution in [0.15, 0.2) is 78.2 Å². The second kappa shape index (κ2) is 8.94. The number of hydrogen-bond donors (Lipinski definition) is 0. The molecule has 35 heavy (non-hydrogen) atoms. The summed E-state index contributed by atoms with van der Waals surface area (Å²) in [6.07, 6.45) is 3.38. The molecule has 0 N–H and O–H groups in total. The summed E-state index contributed by atoms with van der Waals surface area (Å²) in [5.74, 6) is 1.52. The summed E-state index contributed by atoms with van der Waals surface area (Å²) >= 11 is 0. The van der Waals surface area contributed by atoms with Gasteiger partial charge in [-0.2, -0.15) is 4.31 Å². The highest BCUT2D eigenvalue weighted by molar-refractivity contribution is 7.89. The minimum absolute atomic E-state index is 0.132. The van der Waals surface area contributed by atoms with E-state index in [1.165, 1.54) is 11.4 Å². The first-order valence-corrected chi connectivity index (χ1v) is 12.8. The number of ether oxygens (including phenoxy) is 2. The lowest BCUT2D eigenvalue weighted by atomic mass is 9.88. The molecule has 5 rings (SSSR count). The van der Waals surface area contributed by atoms with Crippen LogP contribution in [0, 0.1) is 0 Å². The molecule has 0 bridgehead atoms. The number of aromatic nitrogens is 1. The lowest BCUT2D eigenvalue weighted by Gasteiger charge is -2.16. The minimum Gasteiger partial charge on any atom is -0.454 e. The van der Waals surface area contributed by atoms with Gasteiger partial charge in [0.15, 0.2) is 11.5 Å². The lowest BCUT2D eigenvalue weighted by molar-refractivity contribution is -0.120. The average Bonchev–Trinajstić information content (AvgIpc) is 3.55. The smallest absolute Gasteiger partial charge is 0.243 e. The minimum atomic E-state index is -3.58. The maximum Gasteiger partial charge on any atom is 0.243 e. The van der Waals surface area contributed by atoms with Crippen LogP contribution >= 0.6 is 0 Å². The largest absolute Gasteiger partial charge is 0.454 e. The van der Waals surface area contributed by atoms with Gasteiger partial charge >= 0.3 is 0 Å². The van der Waals surface area contributed by atoms with Crippen LogP contribution in [0.5, 0.6) is 11.5 Å². The Kier molecular flexibility index (Phi) is 5.94. The molecule has 0 unspecified atom stereocenters. The Hall–Kier alpha value is -3.49. The highest BCUT2D eigenvalue weighted by atomic mass is 32.2. The van der Waals surface area contributed by atoms with Crippen molar-refractivity contribution in [2.75, 3.05) is 20.4 Å². The van der Waals surface area contributed by atoms with Crippen molar-refractivity contribution in [2.45, 2.75) is 29.6 Å². The molecule has 7 nitrogen and oxygen atoms in total. The number of ketones is 1. The van der Waals surface area contributed by atoms with Crippen molar-refractivity contribution in [3.8, 4) is 22.8 Å². The van der Waals surface area contributed by atoms with Crippen LogP contribution < -0.4 is 9.47 Å². The summed E-state index contributed by atoms with van der Waals surface area (Å²) in [6.45, 7) is 4.03. The Labute approximate surface area is 205 Å². The van der Waals surface area contributed by atoms with E-state index in [-0.39, 0.29) is 30.4 Å². The van der Waals surface area contributed by atoms with Gasteiger partial charge in [0, 0.05) is 31.3 Å². The number of likely N-dealkylation sites (N-methyl/N-ethyl adjacent to an activating group) is 1. The van der Waals surface area contributed by atoms with Gasteiger partial charge in [0.25, 0.3) is 0 Å². The summed E-state index contributed by atoms with van der Waals surface area (Å²) < 4.78 is 37.4. The zero-order chi connectivity index (χ0) is 24.6. The molecular weight excluding hydrogens is 464 g/mol. The molecule has 2 aromatic carbocycles. The third-order valence-electron chi connectivity index (χ3n) is 6.60. The molecule has 1 fully saturated rings. The number of hydrogen-bond acceptors (Lipinski definition) is 6. The fourth-order valence-corrected chi connectivity index (χ4v) is 5.52. The number of Topliss-reactive ketones (excluding diaryl/α,β-unsaturated/α-hetero) is 1. The van der Waals surface area contributed by atoms with E-state index in [0.29, 0.717) is 22.9 Å². The molecule has 1 aliphatic heterocycles. The number of fused-ring (bicyclic) bond motifs is 1. The first-order chi connectivity index (χ1) is 16.8. The number of carbonyl (C=O) groups excluding carboxylic acids is 1. The maximum absolute atomic E-state index is 13.3. The highest BCUT2D eigenvalue weighted by Gasteiger charge is 2.51. The second-order valence-electron chi connectivity index (χ2n) is 8.86. The Morgan fingerprint density at radius 3 is 2.54 bits per heavy atom. The van der Waals surface area contributed by atoms with Crippen LogP contribution in [0.4, 0.5) is 0 Å². The zero-order valence-electron chi connectivity index (χ0n) is 19.4. The molecule has 1 aliphatic carbocycles. The van der Waals surface area contributed by atoms with Crippen molar-refractivity contribution < 1.29 is 22.7 Å². The van der Waals surface area contributed by atoms with Crippen LogP contribution in [-0.2, 0) is 26.7 Å². The number of benzene rings is 2. The number of pyridine rings is 1. The fraction of sp³-hybridized carbons (Fsp3) is 0.259. The predicted octanol–water partition coefficient (Wildman–Crippen LogP) is 4.13. The quantitative estimate of drug-likeness (QED) is 0.420. The van der Waals surface area contributed by atoms with Crippen LogP contribution in [-0.4, -0.2) is 43.9 Å². The van der Waals surface area contributed by atoms with Gasteiger partial charge in [-0.05, 0) is 54.8 Å². The van der Waals surface area contributed by atoms with E-state index in [1.807, 2.05) is 36.4 Å². The van der Waals surface area contributed by atoms with Crippen LogP contribution in [0.1, 0.15) is 24.1 Å². The summed E-state index contributed by atoms with van der Waals surface area (Å²) in [5, 5.41) is 0. The monoisotopic (exact) mass is 490 g/mol. The van der Waals surface area contributed by atoms with Gasteiger partial charge in [0.1, 0.15) is 5.78 Å². The molecule has 0 saturated heterocycles. The van der Waals surface area contributed by atoms with Gasteiger partial charge in [-0.25, -0.2) is 8.42 Å². The number of rotatable bonds is 9. The fourth-order valence-electron chi connectivity index (χ4n) is 4.38. The third kappa shape index (κ3) is 4.35. The molecular formula is C27H26N2O5S. The molecule has 1 aromatic heterocycles. The van der Waals surface area contributed by atoms with Crippen LogP contribution in [0.2, 0.25) is 0 Å². The molecule has 3 aromatic rings. The van der Waals surface area contributed by atoms with E-state index in [2.05, 4.69) is 6.58 Å². The Morgan fingerprint density at radius 1 is 1.09 bits per heavy atom. The molecule has 8 heteroatoms. The van der Waals surface area contributed by atoms with Gasteiger partial charge in [-0.15, -0.1) is 6.58 Å². The molecule has 180 valence electrons. The summed E-state index contributed by atoms with van der Waals surface area (Å²) in [6, 6.07) is 17.9. The van der Waals surface area contributed by atoms with Gasteiger partial charge < -0.3 is 9.47 Å². The summed E-state index contributed by atoms with van der Waals surface area (Å²) in [4.78, 5) is 18.2. The Morgan fingerprint density at radius 2 is 1.83 bits per heavy atom. The first kappa shape index (κ1) is 23.3.